The van der Waals surface area contributed by atoms with Gasteiger partial charge in [-0.05, 0) is 35.7 Å². The first-order valence-corrected chi connectivity index (χ1v) is 15.9. The van der Waals surface area contributed by atoms with Crippen LogP contribution in [0.3, 0.4) is 0 Å². The van der Waals surface area contributed by atoms with Crippen molar-refractivity contribution in [2.75, 3.05) is 0 Å². The van der Waals surface area contributed by atoms with Crippen LogP contribution in [-0.2, 0) is 40.5 Å². The van der Waals surface area contributed by atoms with Crippen LogP contribution in [0, 0.1) is 0 Å². The molecular formula is C20H14N3O13S4. The number of nitrogens with zero attached hydrogens (tertiary/aromatic N) is 2. The molecule has 0 saturated heterocycles. The van der Waals surface area contributed by atoms with Crippen molar-refractivity contribution >= 4 is 79.1 Å². The molecule has 0 aliphatic heterocycles. The van der Waals surface area contributed by atoms with Gasteiger partial charge in [-0.2, -0.15) is 33.7 Å². The fourth-order valence-corrected chi connectivity index (χ4v) is 6.61. The molecule has 4 aromatic carbocycles. The topological polar surface area (TPSA) is 286 Å². The third-order valence-corrected chi connectivity index (χ3v) is 9.00. The molecule has 0 heterocycles. The normalized spacial score (nSPS) is 13.4. The molecule has 0 spiro atoms. The third kappa shape index (κ3) is 5.33. The molecule has 0 aliphatic carbocycles. The van der Waals surface area contributed by atoms with E-state index in [1.165, 1.54) is 0 Å². The van der Waals surface area contributed by atoms with Gasteiger partial charge in [-0.3, -0.25) is 18.2 Å². The van der Waals surface area contributed by atoms with Crippen LogP contribution in [0.15, 0.2) is 78.3 Å². The molecule has 20 heteroatoms. The van der Waals surface area contributed by atoms with Crippen LogP contribution in [0.25, 0.3) is 21.5 Å². The molecule has 0 bridgehead atoms. The van der Waals surface area contributed by atoms with Gasteiger partial charge in [0.15, 0.2) is 5.75 Å². The number of rotatable bonds is 6. The van der Waals surface area contributed by atoms with Crippen molar-refractivity contribution in [1.82, 2.24) is 5.73 Å². The number of nitrogens with one attached hydrogen (secondary N) is 1. The molecule has 0 unspecified atom stereocenters. The molecule has 0 saturated carbocycles. The minimum absolute atomic E-state index is 0.350. The molecule has 4 rings (SSSR count). The Morgan fingerprint density at radius 1 is 0.650 bits per heavy atom. The van der Waals surface area contributed by atoms with Crippen molar-refractivity contribution in [3.63, 3.8) is 0 Å². The smallest absolute Gasteiger partial charge is 0.297 e. The Labute approximate surface area is 225 Å². The van der Waals surface area contributed by atoms with E-state index in [1.54, 1.807) is 0 Å². The van der Waals surface area contributed by atoms with Gasteiger partial charge in [0, 0.05) is 10.8 Å². The third-order valence-electron chi connectivity index (χ3n) is 5.44. The Morgan fingerprint density at radius 3 is 1.82 bits per heavy atom. The fraction of sp³-hybridized carbons (Fsp3) is 0. The van der Waals surface area contributed by atoms with Crippen LogP contribution in [0.1, 0.15) is 0 Å². The van der Waals surface area contributed by atoms with E-state index in [-0.39, 0.29) is 5.39 Å². The highest BCUT2D eigenvalue weighted by atomic mass is 32.2. The lowest BCUT2D eigenvalue weighted by molar-refractivity contribution is 0.472. The molecular weight excluding hydrogens is 618 g/mol. The summed E-state index contributed by atoms with van der Waals surface area (Å²) < 4.78 is 133. The highest BCUT2D eigenvalue weighted by Crippen LogP contribution is 2.45. The van der Waals surface area contributed by atoms with Gasteiger partial charge in [0.1, 0.15) is 26.1 Å². The molecule has 0 fully saturated rings. The molecule has 4 aromatic rings. The van der Waals surface area contributed by atoms with E-state index in [4.69, 9.17) is 5.73 Å². The van der Waals surface area contributed by atoms with Crippen molar-refractivity contribution in [1.29, 1.82) is 0 Å². The van der Waals surface area contributed by atoms with E-state index >= 15 is 0 Å². The number of aromatic hydroxyl groups is 1. The van der Waals surface area contributed by atoms with Crippen LogP contribution in [0.5, 0.6) is 5.75 Å². The minimum atomic E-state index is -5.26. The molecule has 40 heavy (non-hydrogen) atoms. The summed E-state index contributed by atoms with van der Waals surface area (Å²) in [5.74, 6) is -1.12. The SMILES string of the molecule is [NH]c1cc(S(=O)(=O)O)cc2cc(S(=O)(=O)O)c(N=Nc3ccc4c(S(=O)(=O)O)cccc4c3S(=O)(=O)O)c(O)c12. The van der Waals surface area contributed by atoms with Crippen molar-refractivity contribution in [3.05, 3.63) is 48.5 Å². The fourth-order valence-electron chi connectivity index (χ4n) is 3.87. The van der Waals surface area contributed by atoms with Gasteiger partial charge in [0.25, 0.3) is 40.5 Å². The predicted octanol–water partition coefficient (Wildman–Crippen LogP) is 3.02. The maximum Gasteiger partial charge on any atom is 0.297 e. The lowest BCUT2D eigenvalue weighted by Crippen LogP contribution is -2.03. The average Bonchev–Trinajstić information content (AvgIpc) is 2.79. The number of hydrogen-bond acceptors (Lipinski definition) is 11. The van der Waals surface area contributed by atoms with Crippen molar-refractivity contribution in [2.45, 2.75) is 19.6 Å². The Bertz CT molecular complexity index is 2230. The maximum absolute atomic E-state index is 12.2. The second-order valence-electron chi connectivity index (χ2n) is 8.01. The maximum atomic E-state index is 12.2. The molecule has 16 nitrogen and oxygen atoms in total. The van der Waals surface area contributed by atoms with Crippen LogP contribution < -0.4 is 5.73 Å². The summed E-state index contributed by atoms with van der Waals surface area (Å²) in [5, 5.41) is 16.1. The Hall–Kier alpha value is -3.76. The number of azo groups is 1. The van der Waals surface area contributed by atoms with E-state index in [1.807, 2.05) is 0 Å². The Kier molecular flexibility index (Phi) is 6.88. The van der Waals surface area contributed by atoms with Crippen LogP contribution in [0.2, 0.25) is 0 Å². The zero-order chi connectivity index (χ0) is 30.0. The number of benzene rings is 4. The summed E-state index contributed by atoms with van der Waals surface area (Å²) in [4.78, 5) is -3.74. The summed E-state index contributed by atoms with van der Waals surface area (Å²) in [7, 11) is -20.2. The van der Waals surface area contributed by atoms with E-state index in [0.29, 0.717) is 18.2 Å². The lowest BCUT2D eigenvalue weighted by Gasteiger charge is -2.12. The first-order chi connectivity index (χ1) is 18.2. The molecule has 0 atom stereocenters. The van der Waals surface area contributed by atoms with E-state index in [2.05, 4.69) is 10.2 Å². The number of phenolic OH excluding ortho intramolecular Hbond substituents is 1. The second kappa shape index (κ2) is 9.42. The number of phenols is 1. The van der Waals surface area contributed by atoms with Crippen molar-refractivity contribution < 1.29 is 57.0 Å². The molecule has 6 N–H and O–H groups in total. The Balaban J connectivity index is 2.06. The zero-order valence-electron chi connectivity index (χ0n) is 19.1. The van der Waals surface area contributed by atoms with Gasteiger partial charge in [0.05, 0.1) is 16.0 Å². The molecule has 0 aliphatic rings. The minimum Gasteiger partial charge on any atom is -0.505 e. The monoisotopic (exact) mass is 632 g/mol. The van der Waals surface area contributed by atoms with Gasteiger partial charge in [-0.15, -0.1) is 10.2 Å². The standard InChI is InChI=1S/C20H14N3O13S4/c21-13-8-10(37(25,26)27)6-9-7-16(39(31,32)33)18(19(24)17(9)13)23-22-14-5-4-11-12(20(14)40(34,35)36)2-1-3-15(11)38(28,29)30/h1-8,21,24H,(H,25,26,27)(H,28,29,30)(H,31,32,33)(H,34,35,36). The summed E-state index contributed by atoms with van der Waals surface area (Å²) in [5.41, 5.74) is 5.54. The zero-order valence-corrected chi connectivity index (χ0v) is 22.4. The lowest BCUT2D eigenvalue weighted by atomic mass is 10.1. The first kappa shape index (κ1) is 29.2. The summed E-state index contributed by atoms with van der Waals surface area (Å²) in [6.45, 7) is 0. The van der Waals surface area contributed by atoms with E-state index < -0.39 is 99.0 Å². The van der Waals surface area contributed by atoms with Gasteiger partial charge in [-0.1, -0.05) is 18.2 Å². The van der Waals surface area contributed by atoms with Crippen molar-refractivity contribution in [3.8, 4) is 5.75 Å². The van der Waals surface area contributed by atoms with Crippen LogP contribution in [-0.4, -0.2) is 57.0 Å². The van der Waals surface area contributed by atoms with Crippen molar-refractivity contribution in [2.24, 2.45) is 10.2 Å². The Morgan fingerprint density at radius 2 is 1.27 bits per heavy atom. The molecule has 0 aromatic heterocycles. The van der Waals surface area contributed by atoms with Crippen LogP contribution >= 0.6 is 0 Å². The van der Waals surface area contributed by atoms with E-state index in [9.17, 15) is 57.0 Å². The quantitative estimate of drug-likeness (QED) is 0.151. The van der Waals surface area contributed by atoms with Crippen LogP contribution in [0.4, 0.5) is 17.1 Å². The highest BCUT2D eigenvalue weighted by Gasteiger charge is 2.27. The second-order valence-corrected chi connectivity index (χ2v) is 13.6. The highest BCUT2D eigenvalue weighted by molar-refractivity contribution is 7.87. The average molecular weight is 633 g/mol. The van der Waals surface area contributed by atoms with Gasteiger partial charge in [0.2, 0.25) is 0 Å². The van der Waals surface area contributed by atoms with Gasteiger partial charge in [-0.25, -0.2) is 0 Å². The predicted molar refractivity (Wildman–Crippen MR) is 136 cm³/mol. The molecule has 0 amide bonds. The summed E-state index contributed by atoms with van der Waals surface area (Å²) in [6, 6.07) is 6.81. The number of hydrogen-bond donors (Lipinski definition) is 5. The molecule has 1 radical (unpaired) electrons. The summed E-state index contributed by atoms with van der Waals surface area (Å²) >= 11 is 0. The van der Waals surface area contributed by atoms with Gasteiger partial charge >= 0.3 is 0 Å². The largest absolute Gasteiger partial charge is 0.505 e. The number of fused-ring (bicyclic) bond motifs is 2. The van der Waals surface area contributed by atoms with Gasteiger partial charge < -0.3 is 10.8 Å². The summed E-state index contributed by atoms with van der Waals surface area (Å²) in [6.07, 6.45) is 0. The first-order valence-electron chi connectivity index (χ1n) is 10.1. The van der Waals surface area contributed by atoms with E-state index in [0.717, 1.165) is 30.3 Å². The molecule has 211 valence electrons.